The van der Waals surface area contributed by atoms with Crippen LogP contribution in [0.1, 0.15) is 5.69 Å². The third kappa shape index (κ3) is 3.20. The van der Waals surface area contributed by atoms with E-state index in [1.165, 1.54) is 23.5 Å². The van der Waals surface area contributed by atoms with Crippen molar-refractivity contribution in [2.75, 3.05) is 31.1 Å². The number of para-hydroxylation sites is 1. The molecule has 0 atom stereocenters. The summed E-state index contributed by atoms with van der Waals surface area (Å²) in [5.41, 5.74) is 1.28. The molecule has 4 rings (SSSR count). The maximum Gasteiger partial charge on any atom is 0.246 e. The molecule has 1 amide bonds. The summed E-state index contributed by atoms with van der Waals surface area (Å²) >= 11 is 7.62. The molecule has 0 saturated carbocycles. The number of amides is 1. The summed E-state index contributed by atoms with van der Waals surface area (Å²) < 4.78 is 15.7. The molecule has 3 heterocycles. The van der Waals surface area contributed by atoms with Crippen molar-refractivity contribution < 1.29 is 9.18 Å². The predicted octanol–water partition coefficient (Wildman–Crippen LogP) is 3.55. The van der Waals surface area contributed by atoms with Crippen molar-refractivity contribution in [1.82, 2.24) is 14.3 Å². The van der Waals surface area contributed by atoms with Gasteiger partial charge >= 0.3 is 0 Å². The van der Waals surface area contributed by atoms with E-state index in [1.54, 1.807) is 23.1 Å². The summed E-state index contributed by atoms with van der Waals surface area (Å²) in [6.07, 6.45) is 5.09. The number of imidazole rings is 1. The van der Waals surface area contributed by atoms with Crippen molar-refractivity contribution in [3.63, 3.8) is 0 Å². The zero-order valence-corrected chi connectivity index (χ0v) is 15.4. The van der Waals surface area contributed by atoms with Crippen LogP contribution in [0.5, 0.6) is 0 Å². The zero-order valence-electron chi connectivity index (χ0n) is 13.8. The molecule has 0 N–H and O–H groups in total. The molecule has 1 aliphatic rings. The summed E-state index contributed by atoms with van der Waals surface area (Å²) in [7, 11) is 0. The first kappa shape index (κ1) is 17.1. The molecule has 0 aliphatic carbocycles. The highest BCUT2D eigenvalue weighted by Crippen LogP contribution is 2.23. The number of aromatic nitrogens is 2. The molecular formula is C18H16ClFN4OS. The Morgan fingerprint density at radius 2 is 2.00 bits per heavy atom. The number of benzene rings is 1. The number of carbonyl (C=O) groups excluding carboxylic acids is 1. The Morgan fingerprint density at radius 1 is 1.23 bits per heavy atom. The lowest BCUT2D eigenvalue weighted by atomic mass is 10.2. The van der Waals surface area contributed by atoms with Crippen molar-refractivity contribution in [2.24, 2.45) is 0 Å². The van der Waals surface area contributed by atoms with E-state index in [0.717, 1.165) is 4.96 Å². The molecule has 1 fully saturated rings. The fourth-order valence-corrected chi connectivity index (χ4v) is 4.06. The number of hydrogen-bond acceptors (Lipinski definition) is 4. The minimum Gasteiger partial charge on any atom is -0.366 e. The van der Waals surface area contributed by atoms with Crippen LogP contribution in [0, 0.1) is 5.82 Å². The number of anilines is 1. The number of hydrogen-bond donors (Lipinski definition) is 0. The Labute approximate surface area is 158 Å². The van der Waals surface area contributed by atoms with Crippen LogP contribution in [-0.4, -0.2) is 46.4 Å². The lowest BCUT2D eigenvalue weighted by molar-refractivity contribution is -0.126. The second-order valence-electron chi connectivity index (χ2n) is 5.94. The summed E-state index contributed by atoms with van der Waals surface area (Å²) in [6.45, 7) is 2.29. The summed E-state index contributed by atoms with van der Waals surface area (Å²) in [5, 5.41) is 2.30. The van der Waals surface area contributed by atoms with E-state index in [-0.39, 0.29) is 11.7 Å². The van der Waals surface area contributed by atoms with Gasteiger partial charge in [0, 0.05) is 43.8 Å². The largest absolute Gasteiger partial charge is 0.366 e. The van der Waals surface area contributed by atoms with Crippen LogP contribution >= 0.6 is 22.9 Å². The molecule has 8 heteroatoms. The maximum absolute atomic E-state index is 13.9. The molecule has 2 aromatic heterocycles. The van der Waals surface area contributed by atoms with Crippen molar-refractivity contribution >= 4 is 45.6 Å². The third-order valence-corrected chi connectivity index (χ3v) is 5.46. The van der Waals surface area contributed by atoms with Gasteiger partial charge in [-0.25, -0.2) is 9.37 Å². The van der Waals surface area contributed by atoms with Crippen LogP contribution in [0.25, 0.3) is 11.0 Å². The number of piperazine rings is 1. The minimum absolute atomic E-state index is 0.0839. The van der Waals surface area contributed by atoms with Gasteiger partial charge in [0.15, 0.2) is 10.1 Å². The zero-order chi connectivity index (χ0) is 18.1. The fraction of sp³-hybridized carbons (Fsp3) is 0.222. The third-order valence-electron chi connectivity index (χ3n) is 4.42. The van der Waals surface area contributed by atoms with Gasteiger partial charge in [0.2, 0.25) is 5.91 Å². The lowest BCUT2D eigenvalue weighted by Gasteiger charge is -2.35. The Bertz CT molecular complexity index is 975. The first-order chi connectivity index (χ1) is 12.6. The van der Waals surface area contributed by atoms with Gasteiger partial charge in [0.1, 0.15) is 5.82 Å². The molecule has 1 saturated heterocycles. The second kappa shape index (κ2) is 7.09. The Balaban J connectivity index is 1.42. The Hall–Kier alpha value is -2.38. The van der Waals surface area contributed by atoms with Gasteiger partial charge in [-0.1, -0.05) is 23.7 Å². The monoisotopic (exact) mass is 390 g/mol. The molecule has 1 aromatic carbocycles. The highest BCUT2D eigenvalue weighted by atomic mass is 35.5. The number of carbonyl (C=O) groups is 1. The molecule has 1 aliphatic heterocycles. The summed E-state index contributed by atoms with van der Waals surface area (Å²) in [4.78, 5) is 21.2. The number of rotatable bonds is 3. The Morgan fingerprint density at radius 3 is 2.77 bits per heavy atom. The molecule has 0 spiro atoms. The average molecular weight is 391 g/mol. The quantitative estimate of drug-likeness (QED) is 0.642. The fourth-order valence-electron chi connectivity index (χ4n) is 3.06. The molecule has 0 radical (unpaired) electrons. The molecular weight excluding hydrogens is 375 g/mol. The van der Waals surface area contributed by atoms with Crippen LogP contribution in [0.4, 0.5) is 10.1 Å². The van der Waals surface area contributed by atoms with E-state index in [0.29, 0.717) is 42.7 Å². The van der Waals surface area contributed by atoms with Crippen LogP contribution < -0.4 is 4.90 Å². The Kier molecular flexibility index (Phi) is 4.65. The normalized spacial score (nSPS) is 15.3. The molecule has 134 valence electrons. The highest BCUT2D eigenvalue weighted by molar-refractivity contribution is 7.15. The van der Waals surface area contributed by atoms with Gasteiger partial charge in [0.05, 0.1) is 11.4 Å². The van der Waals surface area contributed by atoms with Gasteiger partial charge in [-0.2, -0.15) is 0 Å². The lowest BCUT2D eigenvalue weighted by Crippen LogP contribution is -2.48. The van der Waals surface area contributed by atoms with Gasteiger partial charge in [0.25, 0.3) is 0 Å². The SMILES string of the molecule is O=C(C=Cc1c(Cl)nc2sccn12)N1CCN(c2ccccc2F)CC1. The van der Waals surface area contributed by atoms with E-state index in [1.807, 2.05) is 26.9 Å². The average Bonchev–Trinajstić information content (AvgIpc) is 3.21. The van der Waals surface area contributed by atoms with Gasteiger partial charge in [-0.05, 0) is 18.2 Å². The highest BCUT2D eigenvalue weighted by Gasteiger charge is 2.21. The number of thiazole rings is 1. The van der Waals surface area contributed by atoms with E-state index in [4.69, 9.17) is 11.6 Å². The summed E-state index contributed by atoms with van der Waals surface area (Å²) in [5.74, 6) is -0.318. The van der Waals surface area contributed by atoms with Crippen LogP contribution in [-0.2, 0) is 4.79 Å². The first-order valence-electron chi connectivity index (χ1n) is 8.21. The smallest absolute Gasteiger partial charge is 0.246 e. The van der Waals surface area contributed by atoms with E-state index < -0.39 is 0 Å². The second-order valence-corrected chi connectivity index (χ2v) is 7.17. The van der Waals surface area contributed by atoms with Crippen molar-refractivity contribution in [1.29, 1.82) is 0 Å². The van der Waals surface area contributed by atoms with E-state index >= 15 is 0 Å². The number of nitrogens with zero attached hydrogens (tertiary/aromatic N) is 4. The van der Waals surface area contributed by atoms with Crippen LogP contribution in [0.3, 0.4) is 0 Å². The molecule has 0 bridgehead atoms. The van der Waals surface area contributed by atoms with Gasteiger partial charge in [-0.3, -0.25) is 9.20 Å². The van der Waals surface area contributed by atoms with Crippen molar-refractivity contribution in [3.8, 4) is 0 Å². The van der Waals surface area contributed by atoms with Gasteiger partial charge in [-0.15, -0.1) is 11.3 Å². The summed E-state index contributed by atoms with van der Waals surface area (Å²) in [6, 6.07) is 6.71. The van der Waals surface area contributed by atoms with Crippen molar-refractivity contribution in [2.45, 2.75) is 0 Å². The van der Waals surface area contributed by atoms with E-state index in [2.05, 4.69) is 4.98 Å². The van der Waals surface area contributed by atoms with E-state index in [9.17, 15) is 9.18 Å². The minimum atomic E-state index is -0.234. The number of halogens is 2. The molecule has 5 nitrogen and oxygen atoms in total. The van der Waals surface area contributed by atoms with Crippen LogP contribution in [0.15, 0.2) is 41.9 Å². The standard InChI is InChI=1S/C18H16ClFN4OS/c19-17-15(24-11-12-26-18(24)21-17)5-6-16(25)23-9-7-22(8-10-23)14-4-2-1-3-13(14)20/h1-6,11-12H,7-10H2. The molecule has 0 unspecified atom stereocenters. The van der Waals surface area contributed by atoms with Crippen molar-refractivity contribution in [3.05, 3.63) is 58.6 Å². The molecule has 26 heavy (non-hydrogen) atoms. The topological polar surface area (TPSA) is 40.9 Å². The number of fused-ring (bicyclic) bond motifs is 1. The maximum atomic E-state index is 13.9. The first-order valence-corrected chi connectivity index (χ1v) is 9.47. The predicted molar refractivity (Wildman–Crippen MR) is 102 cm³/mol. The van der Waals surface area contributed by atoms with Gasteiger partial charge < -0.3 is 9.80 Å². The molecule has 3 aromatic rings. The van der Waals surface area contributed by atoms with Crippen LogP contribution in [0.2, 0.25) is 5.15 Å².